The van der Waals surface area contributed by atoms with Crippen LogP contribution in [-0.2, 0) is 4.79 Å². The molecule has 6 heteroatoms. The van der Waals surface area contributed by atoms with Crippen LogP contribution in [0.25, 0.3) is 0 Å². The van der Waals surface area contributed by atoms with Crippen molar-refractivity contribution < 1.29 is 4.79 Å². The minimum atomic E-state index is -0.216. The van der Waals surface area contributed by atoms with Crippen LogP contribution in [0.15, 0.2) is 30.3 Å². The predicted molar refractivity (Wildman–Crippen MR) is 103 cm³/mol. The highest BCUT2D eigenvalue weighted by molar-refractivity contribution is 5.85. The van der Waals surface area contributed by atoms with Crippen LogP contribution in [0, 0.1) is 0 Å². The Morgan fingerprint density at radius 3 is 2.38 bits per heavy atom. The van der Waals surface area contributed by atoms with E-state index < -0.39 is 0 Å². The molecule has 3 unspecified atom stereocenters. The van der Waals surface area contributed by atoms with Crippen molar-refractivity contribution >= 4 is 30.7 Å². The zero-order valence-electron chi connectivity index (χ0n) is 14.2. The number of amides is 1. The van der Waals surface area contributed by atoms with Gasteiger partial charge in [0.15, 0.2) is 0 Å². The molecule has 1 aromatic carbocycles. The van der Waals surface area contributed by atoms with Crippen LogP contribution < -0.4 is 11.1 Å². The molecule has 2 heterocycles. The first-order chi connectivity index (χ1) is 10.6. The first-order valence-electron chi connectivity index (χ1n) is 8.45. The first-order valence-corrected chi connectivity index (χ1v) is 8.45. The molecule has 3 N–H and O–H groups in total. The third-order valence-corrected chi connectivity index (χ3v) is 5.34. The van der Waals surface area contributed by atoms with Crippen molar-refractivity contribution in [3.63, 3.8) is 0 Å². The number of halogens is 2. The fourth-order valence-corrected chi connectivity index (χ4v) is 4.04. The molecule has 3 rings (SSSR count). The molecule has 0 aromatic heterocycles. The largest absolute Gasteiger partial charge is 0.353 e. The predicted octanol–water partition coefficient (Wildman–Crippen LogP) is 3.05. The van der Waals surface area contributed by atoms with Gasteiger partial charge in [0.1, 0.15) is 0 Å². The molecular weight excluding hydrogens is 345 g/mol. The maximum Gasteiger partial charge on any atom is 0.222 e. The normalized spacial score (nSPS) is 27.3. The van der Waals surface area contributed by atoms with Gasteiger partial charge in [-0.25, -0.2) is 0 Å². The van der Waals surface area contributed by atoms with Crippen molar-refractivity contribution in [2.45, 2.75) is 62.7 Å². The Morgan fingerprint density at radius 2 is 1.79 bits per heavy atom. The molecule has 136 valence electrons. The minimum absolute atomic E-state index is 0. The number of hydrogen-bond donors (Lipinski definition) is 2. The third kappa shape index (κ3) is 5.09. The van der Waals surface area contributed by atoms with E-state index in [-0.39, 0.29) is 36.8 Å². The fraction of sp³-hybridized carbons (Fsp3) is 0.611. The van der Waals surface area contributed by atoms with Gasteiger partial charge in [0.25, 0.3) is 0 Å². The van der Waals surface area contributed by atoms with E-state index in [1.54, 1.807) is 0 Å². The average Bonchev–Trinajstić information content (AvgIpc) is 2.49. The van der Waals surface area contributed by atoms with Crippen LogP contribution in [0.2, 0.25) is 0 Å². The summed E-state index contributed by atoms with van der Waals surface area (Å²) in [6, 6.07) is 11.2. The Bertz CT molecular complexity index is 500. The highest BCUT2D eigenvalue weighted by Gasteiger charge is 2.36. The van der Waals surface area contributed by atoms with Crippen molar-refractivity contribution in [3.8, 4) is 0 Å². The van der Waals surface area contributed by atoms with Crippen LogP contribution in [0.3, 0.4) is 0 Å². The Morgan fingerprint density at radius 1 is 1.21 bits per heavy atom. The van der Waals surface area contributed by atoms with Crippen molar-refractivity contribution in [1.29, 1.82) is 0 Å². The molecule has 24 heavy (non-hydrogen) atoms. The van der Waals surface area contributed by atoms with E-state index >= 15 is 0 Å². The molecule has 1 amide bonds. The quantitative estimate of drug-likeness (QED) is 0.852. The molecule has 2 aliphatic heterocycles. The summed E-state index contributed by atoms with van der Waals surface area (Å²) in [5.41, 5.74) is 7.17. The Kier molecular flexibility index (Phi) is 8.51. The maximum atomic E-state index is 12.3. The summed E-state index contributed by atoms with van der Waals surface area (Å²) in [5, 5.41) is 3.22. The van der Waals surface area contributed by atoms with E-state index in [9.17, 15) is 4.79 Å². The molecule has 1 aromatic rings. The van der Waals surface area contributed by atoms with Gasteiger partial charge in [-0.3, -0.25) is 4.79 Å². The summed E-state index contributed by atoms with van der Waals surface area (Å²) in [7, 11) is 2.23. The second-order valence-corrected chi connectivity index (χ2v) is 6.86. The third-order valence-electron chi connectivity index (χ3n) is 5.34. The second kappa shape index (κ2) is 9.62. The number of carbonyl (C=O) groups is 1. The lowest BCUT2D eigenvalue weighted by Gasteiger charge is -2.47. The summed E-state index contributed by atoms with van der Waals surface area (Å²) in [6.45, 7) is 0. The molecule has 2 bridgehead atoms. The van der Waals surface area contributed by atoms with Crippen molar-refractivity contribution in [2.75, 3.05) is 7.05 Å². The standard InChI is InChI=1S/C18H27N3O.2ClH/c1-21-15-8-5-9-16(21)11-14(10-15)20-18(22)12-17(19)13-6-3-2-4-7-13;;/h2-4,6-7,14-17H,5,8-12,19H2,1H3,(H,20,22);2*1H. The van der Waals surface area contributed by atoms with E-state index in [1.165, 1.54) is 19.3 Å². The topological polar surface area (TPSA) is 58.4 Å². The van der Waals surface area contributed by atoms with Gasteiger partial charge >= 0.3 is 0 Å². The zero-order valence-corrected chi connectivity index (χ0v) is 15.8. The van der Waals surface area contributed by atoms with Gasteiger partial charge in [-0.2, -0.15) is 0 Å². The van der Waals surface area contributed by atoms with E-state index in [2.05, 4.69) is 17.3 Å². The molecule has 3 atom stereocenters. The van der Waals surface area contributed by atoms with Gasteiger partial charge < -0.3 is 16.0 Å². The molecule has 2 saturated heterocycles. The SMILES string of the molecule is CN1C2CCCC1CC(NC(=O)CC(N)c1ccccc1)C2.Cl.Cl. The van der Waals surface area contributed by atoms with Gasteiger partial charge in [0.2, 0.25) is 5.91 Å². The molecule has 2 fully saturated rings. The van der Waals surface area contributed by atoms with Gasteiger partial charge in [-0.05, 0) is 38.3 Å². The van der Waals surface area contributed by atoms with Crippen LogP contribution in [-0.4, -0.2) is 36.0 Å². The Labute approximate surface area is 157 Å². The Balaban J connectivity index is 0.00000144. The molecule has 0 spiro atoms. The first kappa shape index (κ1) is 21.2. The number of benzene rings is 1. The summed E-state index contributed by atoms with van der Waals surface area (Å²) >= 11 is 0. The van der Waals surface area contributed by atoms with E-state index in [0.29, 0.717) is 24.5 Å². The van der Waals surface area contributed by atoms with Crippen molar-refractivity contribution in [2.24, 2.45) is 5.73 Å². The number of carbonyl (C=O) groups excluding carboxylic acids is 1. The van der Waals surface area contributed by atoms with E-state index in [0.717, 1.165) is 18.4 Å². The lowest BCUT2D eigenvalue weighted by atomic mass is 9.82. The minimum Gasteiger partial charge on any atom is -0.353 e. The average molecular weight is 374 g/mol. The van der Waals surface area contributed by atoms with Crippen LogP contribution in [0.5, 0.6) is 0 Å². The van der Waals surface area contributed by atoms with Gasteiger partial charge in [0.05, 0.1) is 0 Å². The summed E-state index contributed by atoms with van der Waals surface area (Å²) in [6.07, 6.45) is 6.40. The van der Waals surface area contributed by atoms with Crippen LogP contribution >= 0.6 is 24.8 Å². The smallest absolute Gasteiger partial charge is 0.222 e. The number of nitrogens with two attached hydrogens (primary N) is 1. The molecule has 2 aliphatic rings. The number of fused-ring (bicyclic) bond motifs is 2. The van der Waals surface area contributed by atoms with E-state index in [4.69, 9.17) is 5.73 Å². The summed E-state index contributed by atoms with van der Waals surface area (Å²) in [5.74, 6) is 0.0870. The Hall–Kier alpha value is -0.810. The number of nitrogens with zero attached hydrogens (tertiary/aromatic N) is 1. The summed E-state index contributed by atoms with van der Waals surface area (Å²) < 4.78 is 0. The summed E-state index contributed by atoms with van der Waals surface area (Å²) in [4.78, 5) is 14.8. The number of piperidine rings is 2. The van der Waals surface area contributed by atoms with E-state index in [1.807, 2.05) is 30.3 Å². The molecular formula is C18H29Cl2N3O. The lowest BCUT2D eigenvalue weighted by molar-refractivity contribution is -0.123. The lowest BCUT2D eigenvalue weighted by Crippen LogP contribution is -2.55. The molecule has 0 aliphatic carbocycles. The van der Waals surface area contributed by atoms with Gasteiger partial charge in [-0.1, -0.05) is 36.8 Å². The van der Waals surface area contributed by atoms with Crippen molar-refractivity contribution in [1.82, 2.24) is 10.2 Å². The fourth-order valence-electron chi connectivity index (χ4n) is 4.04. The molecule has 4 nitrogen and oxygen atoms in total. The highest BCUT2D eigenvalue weighted by atomic mass is 35.5. The van der Waals surface area contributed by atoms with Gasteiger partial charge in [0, 0.05) is 30.6 Å². The number of rotatable bonds is 4. The number of nitrogens with one attached hydrogen (secondary N) is 1. The molecule has 0 radical (unpaired) electrons. The van der Waals surface area contributed by atoms with Crippen LogP contribution in [0.1, 0.15) is 50.1 Å². The highest BCUT2D eigenvalue weighted by Crippen LogP contribution is 2.32. The molecule has 0 saturated carbocycles. The van der Waals surface area contributed by atoms with Crippen LogP contribution in [0.4, 0.5) is 0 Å². The maximum absolute atomic E-state index is 12.3. The second-order valence-electron chi connectivity index (χ2n) is 6.86. The van der Waals surface area contributed by atoms with Crippen molar-refractivity contribution in [3.05, 3.63) is 35.9 Å². The van der Waals surface area contributed by atoms with Gasteiger partial charge in [-0.15, -0.1) is 24.8 Å². The number of hydrogen-bond acceptors (Lipinski definition) is 3. The monoisotopic (exact) mass is 373 g/mol. The zero-order chi connectivity index (χ0) is 15.5.